The molecule has 1 aromatic rings. The van der Waals surface area contributed by atoms with Crippen molar-refractivity contribution < 1.29 is 0 Å². The van der Waals surface area contributed by atoms with Gasteiger partial charge in [-0.15, -0.1) is 0 Å². The maximum atomic E-state index is 5.67. The summed E-state index contributed by atoms with van der Waals surface area (Å²) < 4.78 is 0. The molecule has 1 aliphatic heterocycles. The maximum Gasteiger partial charge on any atom is 0.169 e. The molecule has 0 spiro atoms. The lowest BCUT2D eigenvalue weighted by Gasteiger charge is -2.34. The smallest absolute Gasteiger partial charge is 0.169 e. The van der Waals surface area contributed by atoms with Gasteiger partial charge in [0.25, 0.3) is 0 Å². The fourth-order valence-electron chi connectivity index (χ4n) is 4.34. The molecule has 2 aliphatic carbocycles. The lowest BCUT2D eigenvalue weighted by Crippen LogP contribution is -2.48. The highest BCUT2D eigenvalue weighted by Gasteiger charge is 2.40. The Morgan fingerprint density at radius 1 is 1.15 bits per heavy atom. The minimum atomic E-state index is 0.651. The first-order chi connectivity index (χ1) is 9.79. The van der Waals surface area contributed by atoms with Crippen LogP contribution in [-0.4, -0.2) is 22.6 Å². The molecule has 0 amide bonds. The summed E-state index contributed by atoms with van der Waals surface area (Å²) in [6.07, 6.45) is 6.76. The summed E-state index contributed by atoms with van der Waals surface area (Å²) in [7, 11) is 0. The van der Waals surface area contributed by atoms with Crippen molar-refractivity contribution in [3.8, 4) is 0 Å². The second-order valence-corrected chi connectivity index (χ2v) is 7.06. The molecule has 0 radical (unpaired) electrons. The molecule has 2 bridgehead atoms. The molecule has 1 aromatic carbocycles. The number of fused-ring (bicyclic) bond motifs is 3. The highest BCUT2D eigenvalue weighted by Crippen LogP contribution is 2.44. The molecule has 0 saturated heterocycles. The molecule has 1 N–H and O–H groups in total. The van der Waals surface area contributed by atoms with Gasteiger partial charge in [0.15, 0.2) is 5.11 Å². The molecular formula is C17H22N2S. The van der Waals surface area contributed by atoms with E-state index in [2.05, 4.69) is 34.5 Å². The molecule has 2 saturated carbocycles. The SMILES string of the molecule is S=C(NC1CC2CCC1C2)N1CCc2ccccc2C1. The van der Waals surface area contributed by atoms with Gasteiger partial charge in [0.2, 0.25) is 0 Å². The van der Waals surface area contributed by atoms with E-state index in [4.69, 9.17) is 12.2 Å². The minimum Gasteiger partial charge on any atom is -0.360 e. The monoisotopic (exact) mass is 286 g/mol. The Bertz CT molecular complexity index is 527. The second-order valence-electron chi connectivity index (χ2n) is 6.67. The Labute approximate surface area is 126 Å². The van der Waals surface area contributed by atoms with Crippen molar-refractivity contribution in [3.63, 3.8) is 0 Å². The predicted octanol–water partition coefficient (Wildman–Crippen LogP) is 3.11. The molecule has 3 aliphatic rings. The normalized spacial score (nSPS) is 31.2. The summed E-state index contributed by atoms with van der Waals surface area (Å²) in [5.41, 5.74) is 2.93. The number of nitrogens with one attached hydrogen (secondary N) is 1. The van der Waals surface area contributed by atoms with Crippen LogP contribution in [-0.2, 0) is 13.0 Å². The molecule has 3 atom stereocenters. The van der Waals surface area contributed by atoms with E-state index < -0.39 is 0 Å². The van der Waals surface area contributed by atoms with Gasteiger partial charge in [-0.1, -0.05) is 30.7 Å². The number of rotatable bonds is 1. The first-order valence-electron chi connectivity index (χ1n) is 7.92. The van der Waals surface area contributed by atoms with E-state index >= 15 is 0 Å². The van der Waals surface area contributed by atoms with E-state index in [9.17, 15) is 0 Å². The molecule has 20 heavy (non-hydrogen) atoms. The first-order valence-corrected chi connectivity index (χ1v) is 8.32. The van der Waals surface area contributed by atoms with Crippen molar-refractivity contribution in [2.45, 2.75) is 44.7 Å². The van der Waals surface area contributed by atoms with Crippen LogP contribution in [0.1, 0.15) is 36.8 Å². The molecule has 4 rings (SSSR count). The number of hydrogen-bond donors (Lipinski definition) is 1. The first kappa shape index (κ1) is 12.6. The fourth-order valence-corrected chi connectivity index (χ4v) is 4.65. The molecular weight excluding hydrogens is 264 g/mol. The van der Waals surface area contributed by atoms with Gasteiger partial charge >= 0.3 is 0 Å². The van der Waals surface area contributed by atoms with Crippen LogP contribution in [0, 0.1) is 11.8 Å². The second kappa shape index (κ2) is 5.03. The van der Waals surface area contributed by atoms with Crippen molar-refractivity contribution in [1.29, 1.82) is 0 Å². The summed E-state index contributed by atoms with van der Waals surface area (Å²) in [5.74, 6) is 1.86. The van der Waals surface area contributed by atoms with Gasteiger partial charge in [0, 0.05) is 19.1 Å². The zero-order valence-corrected chi connectivity index (χ0v) is 12.7. The van der Waals surface area contributed by atoms with Gasteiger partial charge in [-0.25, -0.2) is 0 Å². The van der Waals surface area contributed by atoms with Crippen molar-refractivity contribution in [2.24, 2.45) is 11.8 Å². The van der Waals surface area contributed by atoms with E-state index in [0.29, 0.717) is 6.04 Å². The molecule has 3 heteroatoms. The molecule has 1 heterocycles. The zero-order valence-electron chi connectivity index (χ0n) is 11.8. The van der Waals surface area contributed by atoms with Gasteiger partial charge in [-0.3, -0.25) is 0 Å². The molecule has 3 unspecified atom stereocenters. The minimum absolute atomic E-state index is 0.651. The average molecular weight is 286 g/mol. The number of thiocarbonyl (C=S) groups is 1. The molecule has 0 aromatic heterocycles. The molecule has 2 nitrogen and oxygen atoms in total. The van der Waals surface area contributed by atoms with Crippen molar-refractivity contribution in [3.05, 3.63) is 35.4 Å². The van der Waals surface area contributed by atoms with E-state index in [0.717, 1.165) is 36.5 Å². The Balaban J connectivity index is 1.40. The van der Waals surface area contributed by atoms with Gasteiger partial charge in [-0.2, -0.15) is 0 Å². The summed E-state index contributed by atoms with van der Waals surface area (Å²) in [6, 6.07) is 9.41. The van der Waals surface area contributed by atoms with Gasteiger partial charge in [0.05, 0.1) is 0 Å². The summed E-state index contributed by atoms with van der Waals surface area (Å²) >= 11 is 5.67. The van der Waals surface area contributed by atoms with E-state index in [1.807, 2.05) is 0 Å². The van der Waals surface area contributed by atoms with E-state index in [1.165, 1.54) is 36.8 Å². The van der Waals surface area contributed by atoms with Crippen LogP contribution in [0.5, 0.6) is 0 Å². The van der Waals surface area contributed by atoms with Crippen LogP contribution in [0.25, 0.3) is 0 Å². The Kier molecular flexibility index (Phi) is 3.18. The standard InChI is InChI=1S/C17H22N2S/c20-17(18-16-10-12-5-6-14(16)9-12)19-8-7-13-3-1-2-4-15(13)11-19/h1-4,12,14,16H,5-11H2,(H,18,20). The van der Waals surface area contributed by atoms with Crippen LogP contribution in [0.4, 0.5) is 0 Å². The van der Waals surface area contributed by atoms with Crippen LogP contribution in [0.2, 0.25) is 0 Å². The van der Waals surface area contributed by atoms with Gasteiger partial charge in [0.1, 0.15) is 0 Å². The van der Waals surface area contributed by atoms with Crippen LogP contribution in [0.15, 0.2) is 24.3 Å². The van der Waals surface area contributed by atoms with Gasteiger partial charge in [-0.05, 0) is 60.9 Å². The Morgan fingerprint density at radius 2 is 2.00 bits per heavy atom. The van der Waals surface area contributed by atoms with Crippen molar-refractivity contribution in [1.82, 2.24) is 10.2 Å². The lowest BCUT2D eigenvalue weighted by molar-refractivity contribution is 0.347. The average Bonchev–Trinajstić information content (AvgIpc) is 3.09. The maximum absolute atomic E-state index is 5.67. The summed E-state index contributed by atoms with van der Waals surface area (Å²) in [5, 5.41) is 4.65. The predicted molar refractivity (Wildman–Crippen MR) is 85.5 cm³/mol. The zero-order chi connectivity index (χ0) is 13.5. The van der Waals surface area contributed by atoms with Crippen LogP contribution in [0.3, 0.4) is 0 Å². The fraction of sp³-hybridized carbons (Fsp3) is 0.588. The van der Waals surface area contributed by atoms with Crippen molar-refractivity contribution in [2.75, 3.05) is 6.54 Å². The third-order valence-electron chi connectivity index (χ3n) is 5.46. The molecule has 2 fully saturated rings. The number of nitrogens with zero attached hydrogens (tertiary/aromatic N) is 1. The number of hydrogen-bond acceptors (Lipinski definition) is 1. The van der Waals surface area contributed by atoms with Gasteiger partial charge < -0.3 is 10.2 Å². The summed E-state index contributed by atoms with van der Waals surface area (Å²) in [6.45, 7) is 2.03. The van der Waals surface area contributed by atoms with Crippen molar-refractivity contribution >= 4 is 17.3 Å². The quantitative estimate of drug-likeness (QED) is 0.799. The van der Waals surface area contributed by atoms with Crippen LogP contribution >= 0.6 is 12.2 Å². The highest BCUT2D eigenvalue weighted by atomic mass is 32.1. The number of benzene rings is 1. The third-order valence-corrected chi connectivity index (χ3v) is 5.84. The largest absolute Gasteiger partial charge is 0.360 e. The van der Waals surface area contributed by atoms with E-state index in [-0.39, 0.29) is 0 Å². The summed E-state index contributed by atoms with van der Waals surface area (Å²) in [4.78, 5) is 2.35. The molecule has 106 valence electrons. The van der Waals surface area contributed by atoms with Crippen LogP contribution < -0.4 is 5.32 Å². The third kappa shape index (κ3) is 2.22. The highest BCUT2D eigenvalue weighted by molar-refractivity contribution is 7.80. The Hall–Kier alpha value is -1.09. The van der Waals surface area contributed by atoms with E-state index in [1.54, 1.807) is 0 Å². The lowest BCUT2D eigenvalue weighted by atomic mass is 9.95. The topological polar surface area (TPSA) is 15.3 Å². The Morgan fingerprint density at radius 3 is 2.75 bits per heavy atom.